The van der Waals surface area contributed by atoms with Crippen molar-refractivity contribution in [3.63, 3.8) is 0 Å². The zero-order valence-corrected chi connectivity index (χ0v) is 17.0. The number of nitriles is 1. The summed E-state index contributed by atoms with van der Waals surface area (Å²) >= 11 is 14.9. The summed E-state index contributed by atoms with van der Waals surface area (Å²) in [5.74, 6) is -0.181. The Bertz CT molecular complexity index is 986. The number of nitrogens with zero attached hydrogens (tertiary/aromatic N) is 3. The summed E-state index contributed by atoms with van der Waals surface area (Å²) in [4.78, 5) is 3.30. The summed E-state index contributed by atoms with van der Waals surface area (Å²) in [6, 6.07) is 11.6. The highest BCUT2D eigenvalue weighted by Gasteiger charge is 2.47. The molecule has 26 heavy (non-hydrogen) atoms. The third-order valence-corrected chi connectivity index (χ3v) is 5.56. The van der Waals surface area contributed by atoms with Crippen molar-refractivity contribution in [2.75, 3.05) is 9.80 Å². The van der Waals surface area contributed by atoms with Crippen LogP contribution in [0.1, 0.15) is 19.4 Å². The first-order valence-corrected chi connectivity index (χ1v) is 9.14. The second kappa shape index (κ2) is 6.62. The lowest BCUT2D eigenvalue weighted by molar-refractivity contribution is 0.618. The van der Waals surface area contributed by atoms with Crippen LogP contribution in [0.3, 0.4) is 0 Å². The van der Waals surface area contributed by atoms with Crippen LogP contribution in [0.25, 0.3) is 0 Å². The standard InChI is InChI=1S/C18H13BrClFN4S/c1-18(2)16(23)24(11-4-3-10(9-22)14(20)7-11)17(26)25(18)12-5-6-13(19)15(21)8-12/h3-8,23H,1-2H3. The number of hydrogen-bond donors (Lipinski definition) is 1. The number of rotatable bonds is 2. The van der Waals surface area contributed by atoms with Crippen molar-refractivity contribution >= 4 is 62.1 Å². The lowest BCUT2D eigenvalue weighted by Crippen LogP contribution is -2.44. The van der Waals surface area contributed by atoms with E-state index in [1.54, 1.807) is 40.1 Å². The van der Waals surface area contributed by atoms with Crippen molar-refractivity contribution in [3.05, 3.63) is 57.3 Å². The van der Waals surface area contributed by atoms with Crippen LogP contribution >= 0.6 is 39.7 Å². The summed E-state index contributed by atoms with van der Waals surface area (Å²) in [5, 5.41) is 18.3. The van der Waals surface area contributed by atoms with Crippen LogP contribution in [0.2, 0.25) is 5.02 Å². The minimum absolute atomic E-state index is 0.228. The first kappa shape index (κ1) is 18.8. The molecule has 1 aliphatic heterocycles. The van der Waals surface area contributed by atoms with Gasteiger partial charge in [0.15, 0.2) is 5.11 Å². The predicted octanol–water partition coefficient (Wildman–Crippen LogP) is 5.48. The molecule has 0 aromatic heterocycles. The molecular weight excluding hydrogens is 439 g/mol. The Labute approximate surface area is 169 Å². The lowest BCUT2D eigenvalue weighted by Gasteiger charge is -2.30. The first-order chi connectivity index (χ1) is 12.2. The van der Waals surface area contributed by atoms with E-state index < -0.39 is 11.4 Å². The van der Waals surface area contributed by atoms with Crippen molar-refractivity contribution in [2.45, 2.75) is 19.4 Å². The van der Waals surface area contributed by atoms with E-state index in [-0.39, 0.29) is 10.9 Å². The Morgan fingerprint density at radius 3 is 2.46 bits per heavy atom. The maximum Gasteiger partial charge on any atom is 0.187 e. The normalized spacial score (nSPS) is 16.2. The number of benzene rings is 2. The zero-order valence-electron chi connectivity index (χ0n) is 13.8. The molecule has 1 fully saturated rings. The molecule has 1 N–H and O–H groups in total. The van der Waals surface area contributed by atoms with Gasteiger partial charge in [0.25, 0.3) is 0 Å². The molecule has 4 nitrogen and oxygen atoms in total. The van der Waals surface area contributed by atoms with Gasteiger partial charge in [-0.15, -0.1) is 0 Å². The Kier molecular flexibility index (Phi) is 4.78. The van der Waals surface area contributed by atoms with Gasteiger partial charge in [-0.2, -0.15) is 5.26 Å². The molecule has 0 atom stereocenters. The van der Waals surface area contributed by atoms with Gasteiger partial charge in [-0.1, -0.05) is 11.6 Å². The van der Waals surface area contributed by atoms with Gasteiger partial charge in [-0.3, -0.25) is 10.3 Å². The molecule has 0 aliphatic carbocycles. The molecule has 0 saturated carbocycles. The van der Waals surface area contributed by atoms with E-state index in [0.717, 1.165) is 0 Å². The molecule has 0 spiro atoms. The molecule has 0 unspecified atom stereocenters. The zero-order chi connectivity index (χ0) is 19.2. The van der Waals surface area contributed by atoms with E-state index in [1.807, 2.05) is 19.9 Å². The number of hydrogen-bond acceptors (Lipinski definition) is 3. The van der Waals surface area contributed by atoms with Crippen LogP contribution in [-0.2, 0) is 0 Å². The molecule has 132 valence electrons. The average Bonchev–Trinajstić information content (AvgIpc) is 2.75. The fourth-order valence-electron chi connectivity index (χ4n) is 2.84. The third kappa shape index (κ3) is 2.88. The Hall–Kier alpha value is -2.01. The molecular formula is C18H13BrClFN4S. The molecule has 1 saturated heterocycles. The molecule has 0 amide bonds. The van der Waals surface area contributed by atoms with Crippen LogP contribution < -0.4 is 9.80 Å². The van der Waals surface area contributed by atoms with E-state index in [0.29, 0.717) is 26.5 Å². The van der Waals surface area contributed by atoms with E-state index in [9.17, 15) is 4.39 Å². The maximum absolute atomic E-state index is 14.0. The van der Waals surface area contributed by atoms with Gasteiger partial charge in [-0.05, 0) is 78.4 Å². The fourth-order valence-corrected chi connectivity index (χ4v) is 3.84. The largest absolute Gasteiger partial charge is 0.305 e. The van der Waals surface area contributed by atoms with Crippen LogP contribution in [-0.4, -0.2) is 16.5 Å². The summed E-state index contributed by atoms with van der Waals surface area (Å²) in [5.41, 5.74) is 0.681. The minimum atomic E-state index is -0.794. The van der Waals surface area contributed by atoms with Crippen LogP contribution in [0.15, 0.2) is 40.9 Å². The first-order valence-electron chi connectivity index (χ1n) is 7.56. The van der Waals surface area contributed by atoms with Crippen molar-refractivity contribution < 1.29 is 4.39 Å². The number of nitrogens with one attached hydrogen (secondary N) is 1. The SMILES string of the molecule is CC1(C)C(=N)N(c2ccc(C#N)c(Cl)c2)C(=S)N1c1ccc(Br)c(F)c1. The van der Waals surface area contributed by atoms with Crippen molar-refractivity contribution in [1.82, 2.24) is 0 Å². The highest BCUT2D eigenvalue weighted by Crippen LogP contribution is 2.38. The molecule has 2 aromatic rings. The number of halogens is 3. The van der Waals surface area contributed by atoms with Gasteiger partial charge in [0, 0.05) is 5.69 Å². The van der Waals surface area contributed by atoms with Crippen molar-refractivity contribution in [2.24, 2.45) is 0 Å². The Balaban J connectivity index is 2.09. The predicted molar refractivity (Wildman–Crippen MR) is 110 cm³/mol. The van der Waals surface area contributed by atoms with Gasteiger partial charge < -0.3 is 4.90 Å². The fraction of sp³-hybridized carbons (Fsp3) is 0.167. The highest BCUT2D eigenvalue weighted by atomic mass is 79.9. The lowest BCUT2D eigenvalue weighted by atomic mass is 10.0. The van der Waals surface area contributed by atoms with E-state index in [1.165, 1.54) is 6.07 Å². The smallest absolute Gasteiger partial charge is 0.187 e. The Morgan fingerprint density at radius 1 is 1.23 bits per heavy atom. The summed E-state index contributed by atoms with van der Waals surface area (Å²) in [6.07, 6.45) is 0. The minimum Gasteiger partial charge on any atom is -0.305 e. The third-order valence-electron chi connectivity index (χ3n) is 4.24. The number of anilines is 2. The average molecular weight is 452 g/mol. The van der Waals surface area contributed by atoms with Gasteiger partial charge in [0.2, 0.25) is 0 Å². The second-order valence-electron chi connectivity index (χ2n) is 6.24. The molecule has 3 rings (SSSR count). The Morgan fingerprint density at radius 2 is 1.88 bits per heavy atom. The molecule has 0 bridgehead atoms. The van der Waals surface area contributed by atoms with E-state index in [2.05, 4.69) is 15.9 Å². The van der Waals surface area contributed by atoms with Crippen molar-refractivity contribution in [1.29, 1.82) is 10.7 Å². The van der Waals surface area contributed by atoms with Crippen LogP contribution in [0, 0.1) is 22.6 Å². The highest BCUT2D eigenvalue weighted by molar-refractivity contribution is 9.10. The summed E-state index contributed by atoms with van der Waals surface area (Å²) < 4.78 is 14.4. The molecule has 1 aliphatic rings. The molecule has 2 aromatic carbocycles. The van der Waals surface area contributed by atoms with Gasteiger partial charge in [0.05, 0.1) is 26.3 Å². The molecule has 1 heterocycles. The van der Waals surface area contributed by atoms with Gasteiger partial charge >= 0.3 is 0 Å². The van der Waals surface area contributed by atoms with E-state index >= 15 is 0 Å². The van der Waals surface area contributed by atoms with Crippen LogP contribution in [0.4, 0.5) is 15.8 Å². The van der Waals surface area contributed by atoms with Gasteiger partial charge in [0.1, 0.15) is 17.7 Å². The monoisotopic (exact) mass is 450 g/mol. The maximum atomic E-state index is 14.0. The van der Waals surface area contributed by atoms with E-state index in [4.69, 9.17) is 34.5 Å². The number of thiocarbonyl (C=S) groups is 1. The summed E-state index contributed by atoms with van der Waals surface area (Å²) in [7, 11) is 0. The quantitative estimate of drug-likeness (QED) is 0.614. The summed E-state index contributed by atoms with van der Waals surface area (Å²) in [6.45, 7) is 3.68. The van der Waals surface area contributed by atoms with Crippen molar-refractivity contribution in [3.8, 4) is 6.07 Å². The molecule has 8 heteroatoms. The topological polar surface area (TPSA) is 54.1 Å². The number of amidine groups is 1. The molecule has 0 radical (unpaired) electrons. The van der Waals surface area contributed by atoms with Crippen LogP contribution in [0.5, 0.6) is 0 Å². The second-order valence-corrected chi connectivity index (χ2v) is 7.86. The van der Waals surface area contributed by atoms with Gasteiger partial charge in [-0.25, -0.2) is 4.39 Å².